The van der Waals surface area contributed by atoms with Crippen LogP contribution in [0.4, 0.5) is 4.39 Å². The highest BCUT2D eigenvalue weighted by Gasteiger charge is 2.52. The quantitative estimate of drug-likeness (QED) is 0.740. The molecule has 0 spiro atoms. The maximum atomic E-state index is 13.4. The van der Waals surface area contributed by atoms with Crippen LogP contribution in [0.5, 0.6) is 0 Å². The van der Waals surface area contributed by atoms with Crippen LogP contribution >= 0.6 is 0 Å². The number of hydrogen-bond acceptors (Lipinski definition) is 1. The van der Waals surface area contributed by atoms with Crippen molar-refractivity contribution in [3.63, 3.8) is 0 Å². The molecule has 0 amide bonds. The first kappa shape index (κ1) is 8.70. The van der Waals surface area contributed by atoms with Crippen LogP contribution < -0.4 is 5.73 Å². The average molecular weight is 179 g/mol. The monoisotopic (exact) mass is 179 g/mol. The van der Waals surface area contributed by atoms with E-state index < -0.39 is 0 Å². The van der Waals surface area contributed by atoms with Crippen LogP contribution in [-0.4, -0.2) is 6.04 Å². The molecule has 0 bridgehead atoms. The Balaban J connectivity index is 2.41. The molecule has 70 valence electrons. The van der Waals surface area contributed by atoms with E-state index in [0.29, 0.717) is 0 Å². The van der Waals surface area contributed by atoms with E-state index in [-0.39, 0.29) is 17.3 Å². The van der Waals surface area contributed by atoms with Crippen molar-refractivity contribution in [2.75, 3.05) is 0 Å². The Bertz CT molecular complexity index is 320. The largest absolute Gasteiger partial charge is 0.327 e. The summed E-state index contributed by atoms with van der Waals surface area (Å²) in [7, 11) is 0. The number of benzene rings is 1. The Kier molecular flexibility index (Phi) is 1.88. The molecule has 1 aliphatic rings. The normalized spacial score (nSPS) is 31.8. The van der Waals surface area contributed by atoms with Crippen LogP contribution in [0.2, 0.25) is 0 Å². The average Bonchev–Trinajstić information content (AvgIpc) is 2.79. The van der Waals surface area contributed by atoms with Gasteiger partial charge in [-0.3, -0.25) is 0 Å². The molecule has 1 saturated carbocycles. The summed E-state index contributed by atoms with van der Waals surface area (Å²) in [5, 5.41) is 0. The molecule has 0 aliphatic heterocycles. The van der Waals surface area contributed by atoms with Gasteiger partial charge >= 0.3 is 0 Å². The molecule has 0 heterocycles. The molecule has 2 atom stereocenters. The first-order chi connectivity index (χ1) is 6.20. The molecule has 0 radical (unpaired) electrons. The smallest absolute Gasteiger partial charge is 0.127 e. The minimum atomic E-state index is -0.114. The zero-order valence-corrected chi connectivity index (χ0v) is 7.76. The highest BCUT2D eigenvalue weighted by molar-refractivity contribution is 5.36. The van der Waals surface area contributed by atoms with E-state index >= 15 is 0 Å². The molecule has 2 heteroatoms. The van der Waals surface area contributed by atoms with Crippen molar-refractivity contribution in [3.8, 4) is 0 Å². The summed E-state index contributed by atoms with van der Waals surface area (Å²) in [6.07, 6.45) is 1.85. The third-order valence-corrected chi connectivity index (χ3v) is 3.17. The van der Waals surface area contributed by atoms with Crippen molar-refractivity contribution in [1.82, 2.24) is 0 Å². The molecule has 0 saturated heterocycles. The summed E-state index contributed by atoms with van der Waals surface area (Å²) in [5.41, 5.74) is 6.58. The molecule has 2 unspecified atom stereocenters. The summed E-state index contributed by atoms with van der Waals surface area (Å²) in [5.74, 6) is -0.114. The van der Waals surface area contributed by atoms with Gasteiger partial charge < -0.3 is 5.73 Å². The Morgan fingerprint density at radius 3 is 2.62 bits per heavy atom. The van der Waals surface area contributed by atoms with Crippen LogP contribution in [0.15, 0.2) is 24.3 Å². The van der Waals surface area contributed by atoms with Gasteiger partial charge in [0.2, 0.25) is 0 Å². The molecule has 1 aromatic carbocycles. The van der Waals surface area contributed by atoms with Gasteiger partial charge in [-0.05, 0) is 24.5 Å². The second-order valence-electron chi connectivity index (χ2n) is 3.80. The Morgan fingerprint density at radius 1 is 1.54 bits per heavy atom. The lowest BCUT2D eigenvalue weighted by atomic mass is 9.92. The minimum absolute atomic E-state index is 0.0641. The summed E-state index contributed by atoms with van der Waals surface area (Å²) in [6, 6.07) is 7.11. The van der Waals surface area contributed by atoms with Gasteiger partial charge in [0.05, 0.1) is 0 Å². The van der Waals surface area contributed by atoms with E-state index in [9.17, 15) is 4.39 Å². The van der Waals surface area contributed by atoms with Crippen molar-refractivity contribution in [3.05, 3.63) is 35.6 Å². The summed E-state index contributed by atoms with van der Waals surface area (Å²) < 4.78 is 13.4. The van der Waals surface area contributed by atoms with Crippen molar-refractivity contribution in [1.29, 1.82) is 0 Å². The lowest BCUT2D eigenvalue weighted by Crippen LogP contribution is -2.18. The molecule has 2 rings (SSSR count). The third-order valence-electron chi connectivity index (χ3n) is 3.17. The van der Waals surface area contributed by atoms with Crippen molar-refractivity contribution >= 4 is 0 Å². The van der Waals surface area contributed by atoms with E-state index in [1.165, 1.54) is 6.07 Å². The molecule has 13 heavy (non-hydrogen) atoms. The molecular weight excluding hydrogens is 165 g/mol. The Morgan fingerprint density at radius 2 is 2.15 bits per heavy atom. The van der Waals surface area contributed by atoms with Crippen LogP contribution in [0.1, 0.15) is 25.3 Å². The zero-order valence-electron chi connectivity index (χ0n) is 7.76. The van der Waals surface area contributed by atoms with E-state index in [1.54, 1.807) is 6.07 Å². The van der Waals surface area contributed by atoms with Gasteiger partial charge in [-0.1, -0.05) is 25.1 Å². The highest BCUT2D eigenvalue weighted by atomic mass is 19.1. The zero-order chi connectivity index (χ0) is 9.47. The maximum Gasteiger partial charge on any atom is 0.127 e. The molecule has 1 aliphatic carbocycles. The molecule has 2 N–H and O–H groups in total. The van der Waals surface area contributed by atoms with Crippen molar-refractivity contribution in [2.45, 2.75) is 31.2 Å². The van der Waals surface area contributed by atoms with Gasteiger partial charge in [-0.25, -0.2) is 4.39 Å². The Labute approximate surface area is 77.8 Å². The van der Waals surface area contributed by atoms with Gasteiger partial charge in [0, 0.05) is 11.5 Å². The van der Waals surface area contributed by atoms with Crippen molar-refractivity contribution in [2.24, 2.45) is 5.73 Å². The first-order valence-electron chi connectivity index (χ1n) is 4.71. The van der Waals surface area contributed by atoms with Crippen LogP contribution in [0, 0.1) is 5.82 Å². The first-order valence-corrected chi connectivity index (χ1v) is 4.71. The van der Waals surface area contributed by atoms with Crippen LogP contribution in [-0.2, 0) is 5.41 Å². The molecule has 0 aromatic heterocycles. The van der Waals surface area contributed by atoms with Crippen LogP contribution in [0.3, 0.4) is 0 Å². The predicted octanol–water partition coefficient (Wildman–Crippen LogP) is 2.20. The summed E-state index contributed by atoms with van der Waals surface area (Å²) in [4.78, 5) is 0. The molecule has 1 aromatic rings. The van der Waals surface area contributed by atoms with Gasteiger partial charge in [0.15, 0.2) is 0 Å². The fourth-order valence-electron chi connectivity index (χ4n) is 2.11. The lowest BCUT2D eigenvalue weighted by Gasteiger charge is -2.14. The summed E-state index contributed by atoms with van der Waals surface area (Å²) in [6.45, 7) is 2.07. The lowest BCUT2D eigenvalue weighted by molar-refractivity contribution is 0.550. The number of halogens is 1. The molecular formula is C11H14FN. The van der Waals surface area contributed by atoms with Crippen molar-refractivity contribution < 1.29 is 4.39 Å². The highest BCUT2D eigenvalue weighted by Crippen LogP contribution is 2.50. The van der Waals surface area contributed by atoms with Crippen LogP contribution in [0.25, 0.3) is 0 Å². The second-order valence-corrected chi connectivity index (χ2v) is 3.80. The molecule has 1 nitrogen and oxygen atoms in total. The number of nitrogens with two attached hydrogens (primary N) is 1. The SMILES string of the molecule is CCC1(c2ccccc2F)CC1N. The summed E-state index contributed by atoms with van der Waals surface area (Å²) >= 11 is 0. The topological polar surface area (TPSA) is 26.0 Å². The fraction of sp³-hybridized carbons (Fsp3) is 0.455. The van der Waals surface area contributed by atoms with Gasteiger partial charge in [-0.15, -0.1) is 0 Å². The minimum Gasteiger partial charge on any atom is -0.327 e. The van der Waals surface area contributed by atoms with E-state index in [2.05, 4.69) is 6.92 Å². The third kappa shape index (κ3) is 1.17. The van der Waals surface area contributed by atoms with E-state index in [0.717, 1.165) is 18.4 Å². The molecule has 1 fully saturated rings. The van der Waals surface area contributed by atoms with Gasteiger partial charge in [-0.2, -0.15) is 0 Å². The second kappa shape index (κ2) is 2.81. The predicted molar refractivity (Wildman–Crippen MR) is 51.0 cm³/mol. The Hall–Kier alpha value is -0.890. The number of hydrogen-bond donors (Lipinski definition) is 1. The van der Waals surface area contributed by atoms with Gasteiger partial charge in [0.1, 0.15) is 5.82 Å². The van der Waals surface area contributed by atoms with Gasteiger partial charge in [0.25, 0.3) is 0 Å². The van der Waals surface area contributed by atoms with E-state index in [4.69, 9.17) is 5.73 Å². The standard InChI is InChI=1S/C11H14FN/c1-2-11(7-10(11)13)8-5-3-4-6-9(8)12/h3-6,10H,2,7,13H2,1H3. The van der Waals surface area contributed by atoms with E-state index in [1.807, 2.05) is 12.1 Å². The maximum absolute atomic E-state index is 13.4. The fourth-order valence-corrected chi connectivity index (χ4v) is 2.11. The number of rotatable bonds is 2.